The Bertz CT molecular complexity index is 568. The standard InChI is InChI=1S/C7H4BrF2N3O2S/c8-3-1-4(7(9)10)13-5(2-11)6(3)16(12,14)15/h1,7H,(H2,12,14,15). The maximum Gasteiger partial charge on any atom is 0.280 e. The highest BCUT2D eigenvalue weighted by molar-refractivity contribution is 9.10. The minimum Gasteiger partial charge on any atom is -0.235 e. The molecular formula is C7H4BrF2N3O2S. The van der Waals surface area contributed by atoms with Crippen molar-refractivity contribution in [3.63, 3.8) is 0 Å². The molecule has 0 aliphatic rings. The number of rotatable bonds is 2. The first-order valence-corrected chi connectivity index (χ1v) is 6.02. The molecule has 1 aromatic rings. The van der Waals surface area contributed by atoms with Crippen LogP contribution in [0.5, 0.6) is 0 Å². The summed E-state index contributed by atoms with van der Waals surface area (Å²) in [7, 11) is -4.20. The fourth-order valence-electron chi connectivity index (χ4n) is 0.979. The Labute approximate surface area is 98.1 Å². The van der Waals surface area contributed by atoms with Gasteiger partial charge in [0.05, 0.1) is 0 Å². The van der Waals surface area contributed by atoms with Crippen LogP contribution >= 0.6 is 15.9 Å². The Morgan fingerprint density at radius 3 is 2.50 bits per heavy atom. The Balaban J connectivity index is 3.62. The molecule has 1 heterocycles. The highest BCUT2D eigenvalue weighted by Gasteiger charge is 2.23. The maximum atomic E-state index is 12.3. The van der Waals surface area contributed by atoms with Gasteiger partial charge in [-0.05, 0) is 22.0 Å². The molecule has 0 bridgehead atoms. The Hall–Kier alpha value is -1.11. The van der Waals surface area contributed by atoms with Gasteiger partial charge in [-0.1, -0.05) is 0 Å². The summed E-state index contributed by atoms with van der Waals surface area (Å²) in [6.45, 7) is 0. The molecule has 0 aliphatic heterocycles. The molecule has 0 fully saturated rings. The van der Waals surface area contributed by atoms with Crippen LogP contribution in [0.2, 0.25) is 0 Å². The van der Waals surface area contributed by atoms with E-state index in [-0.39, 0.29) is 4.47 Å². The highest BCUT2D eigenvalue weighted by atomic mass is 79.9. The molecule has 0 radical (unpaired) electrons. The van der Waals surface area contributed by atoms with Crippen molar-refractivity contribution in [2.45, 2.75) is 11.3 Å². The zero-order valence-corrected chi connectivity index (χ0v) is 9.89. The molecule has 0 unspecified atom stereocenters. The smallest absolute Gasteiger partial charge is 0.235 e. The predicted octanol–water partition coefficient (Wildman–Crippen LogP) is 1.30. The van der Waals surface area contributed by atoms with Crippen LogP contribution in [0.25, 0.3) is 0 Å². The summed E-state index contributed by atoms with van der Waals surface area (Å²) < 4.78 is 46.6. The van der Waals surface area contributed by atoms with E-state index in [9.17, 15) is 17.2 Å². The molecule has 0 atom stereocenters. The van der Waals surface area contributed by atoms with Gasteiger partial charge >= 0.3 is 0 Å². The monoisotopic (exact) mass is 311 g/mol. The molecule has 0 saturated carbocycles. The number of halogens is 3. The predicted molar refractivity (Wildman–Crippen MR) is 53.0 cm³/mol. The van der Waals surface area contributed by atoms with Gasteiger partial charge in [-0.2, -0.15) is 5.26 Å². The van der Waals surface area contributed by atoms with Crippen molar-refractivity contribution in [3.8, 4) is 6.07 Å². The fourth-order valence-corrected chi connectivity index (χ4v) is 2.77. The number of nitrogens with two attached hydrogens (primary N) is 1. The van der Waals surface area contributed by atoms with Gasteiger partial charge < -0.3 is 0 Å². The van der Waals surface area contributed by atoms with Crippen LogP contribution in [0.4, 0.5) is 8.78 Å². The zero-order chi connectivity index (χ0) is 12.5. The van der Waals surface area contributed by atoms with Crippen LogP contribution in [0, 0.1) is 11.3 Å². The van der Waals surface area contributed by atoms with E-state index in [1.807, 2.05) is 0 Å². The van der Waals surface area contributed by atoms with E-state index in [0.29, 0.717) is 0 Å². The molecule has 1 aromatic heterocycles. The molecule has 0 spiro atoms. The SMILES string of the molecule is N#Cc1nc(C(F)F)cc(Br)c1S(N)(=O)=O. The second-order valence-electron chi connectivity index (χ2n) is 2.66. The lowest BCUT2D eigenvalue weighted by atomic mass is 10.3. The number of nitriles is 1. The second-order valence-corrected chi connectivity index (χ2v) is 5.02. The maximum absolute atomic E-state index is 12.3. The van der Waals surface area contributed by atoms with E-state index in [1.165, 1.54) is 6.07 Å². The van der Waals surface area contributed by atoms with Crippen LogP contribution < -0.4 is 5.14 Å². The number of primary sulfonamides is 1. The molecule has 0 amide bonds. The van der Waals surface area contributed by atoms with E-state index >= 15 is 0 Å². The number of pyridine rings is 1. The molecule has 9 heteroatoms. The summed E-state index contributed by atoms with van der Waals surface area (Å²) in [4.78, 5) is 2.62. The summed E-state index contributed by atoms with van der Waals surface area (Å²) >= 11 is 2.76. The number of hydrogen-bond acceptors (Lipinski definition) is 4. The van der Waals surface area contributed by atoms with Gasteiger partial charge in [-0.25, -0.2) is 27.3 Å². The third kappa shape index (κ3) is 2.52. The molecule has 86 valence electrons. The minimum atomic E-state index is -4.20. The van der Waals surface area contributed by atoms with E-state index < -0.39 is 32.7 Å². The van der Waals surface area contributed by atoms with Crippen molar-refractivity contribution >= 4 is 26.0 Å². The van der Waals surface area contributed by atoms with Crippen molar-refractivity contribution in [2.75, 3.05) is 0 Å². The van der Waals surface area contributed by atoms with E-state index in [1.54, 1.807) is 0 Å². The van der Waals surface area contributed by atoms with E-state index in [4.69, 9.17) is 10.4 Å². The Morgan fingerprint density at radius 1 is 1.56 bits per heavy atom. The first-order valence-electron chi connectivity index (χ1n) is 3.69. The number of nitrogens with zero attached hydrogens (tertiary/aromatic N) is 2. The van der Waals surface area contributed by atoms with Gasteiger partial charge in [0.1, 0.15) is 16.7 Å². The molecule has 0 aliphatic carbocycles. The molecule has 16 heavy (non-hydrogen) atoms. The molecule has 0 aromatic carbocycles. The van der Waals surface area contributed by atoms with E-state index in [2.05, 4.69) is 20.9 Å². The Morgan fingerprint density at radius 2 is 2.12 bits per heavy atom. The van der Waals surface area contributed by atoms with Crippen molar-refractivity contribution in [1.82, 2.24) is 4.98 Å². The van der Waals surface area contributed by atoms with Gasteiger partial charge in [-0.15, -0.1) is 0 Å². The average molecular weight is 312 g/mol. The van der Waals surface area contributed by atoms with Gasteiger partial charge in [0.2, 0.25) is 10.0 Å². The summed E-state index contributed by atoms with van der Waals surface area (Å²) in [6, 6.07) is 2.22. The summed E-state index contributed by atoms with van der Waals surface area (Å²) in [5.41, 5.74) is -1.36. The quantitative estimate of drug-likeness (QED) is 0.890. The van der Waals surface area contributed by atoms with E-state index in [0.717, 1.165) is 6.07 Å². The van der Waals surface area contributed by atoms with Crippen LogP contribution in [0.3, 0.4) is 0 Å². The largest absolute Gasteiger partial charge is 0.280 e. The number of sulfonamides is 1. The first-order chi connectivity index (χ1) is 7.27. The second kappa shape index (κ2) is 4.40. The van der Waals surface area contributed by atoms with Gasteiger partial charge in [0, 0.05) is 4.47 Å². The third-order valence-electron chi connectivity index (χ3n) is 1.56. The molecule has 2 N–H and O–H groups in total. The van der Waals surface area contributed by atoms with Crippen molar-refractivity contribution < 1.29 is 17.2 Å². The highest BCUT2D eigenvalue weighted by Crippen LogP contribution is 2.28. The molecule has 0 saturated heterocycles. The fraction of sp³-hybridized carbons (Fsp3) is 0.143. The summed E-state index contributed by atoms with van der Waals surface area (Å²) in [5.74, 6) is 0. The molecular weight excluding hydrogens is 308 g/mol. The number of hydrogen-bond donors (Lipinski definition) is 1. The normalized spacial score (nSPS) is 11.5. The summed E-state index contributed by atoms with van der Waals surface area (Å²) in [6.07, 6.45) is -2.90. The van der Waals surface area contributed by atoms with Gasteiger partial charge in [0.15, 0.2) is 5.69 Å². The summed E-state index contributed by atoms with van der Waals surface area (Å²) in [5, 5.41) is 13.4. The topological polar surface area (TPSA) is 96.8 Å². The zero-order valence-electron chi connectivity index (χ0n) is 7.49. The minimum absolute atomic E-state index is 0.211. The number of alkyl halides is 2. The van der Waals surface area contributed by atoms with Crippen LogP contribution in [-0.4, -0.2) is 13.4 Å². The lowest BCUT2D eigenvalue weighted by Crippen LogP contribution is -2.16. The van der Waals surface area contributed by atoms with Crippen LogP contribution in [0.1, 0.15) is 17.8 Å². The molecule has 5 nitrogen and oxygen atoms in total. The Kier molecular flexibility index (Phi) is 3.57. The number of aromatic nitrogens is 1. The van der Waals surface area contributed by atoms with Crippen LogP contribution in [-0.2, 0) is 10.0 Å². The van der Waals surface area contributed by atoms with Crippen molar-refractivity contribution in [3.05, 3.63) is 21.9 Å². The van der Waals surface area contributed by atoms with Gasteiger partial charge in [0.25, 0.3) is 6.43 Å². The third-order valence-corrected chi connectivity index (χ3v) is 3.43. The van der Waals surface area contributed by atoms with Crippen molar-refractivity contribution in [2.24, 2.45) is 5.14 Å². The van der Waals surface area contributed by atoms with Crippen LogP contribution in [0.15, 0.2) is 15.4 Å². The van der Waals surface area contributed by atoms with Crippen molar-refractivity contribution in [1.29, 1.82) is 5.26 Å². The lowest BCUT2D eigenvalue weighted by molar-refractivity contribution is 0.145. The molecule has 1 rings (SSSR count). The first kappa shape index (κ1) is 13.0. The lowest BCUT2D eigenvalue weighted by Gasteiger charge is -2.06. The van der Waals surface area contributed by atoms with Gasteiger partial charge in [-0.3, -0.25) is 0 Å². The average Bonchev–Trinajstić information content (AvgIpc) is 2.14.